The highest BCUT2D eigenvalue weighted by molar-refractivity contribution is 5.66. The number of hydrogen-bond acceptors (Lipinski definition) is 2. The summed E-state index contributed by atoms with van der Waals surface area (Å²) in [5.41, 5.74) is 3.98. The average molecular weight is 265 g/mol. The molecule has 0 saturated carbocycles. The molecule has 3 heteroatoms. The molecule has 2 aromatic rings. The van der Waals surface area contributed by atoms with Gasteiger partial charge in [0.1, 0.15) is 23.3 Å². The van der Waals surface area contributed by atoms with E-state index < -0.39 is 0 Å². The molecule has 0 bridgehead atoms. The molecule has 0 unspecified atom stereocenters. The van der Waals surface area contributed by atoms with Gasteiger partial charge < -0.3 is 4.57 Å². The summed E-state index contributed by atoms with van der Waals surface area (Å²) in [6, 6.07) is 10.8. The zero-order valence-electron chi connectivity index (χ0n) is 11.9. The Morgan fingerprint density at radius 3 is 2.75 bits per heavy atom. The maximum atomic E-state index is 9.45. The Bertz CT molecular complexity index is 644. The molecule has 0 radical (unpaired) electrons. The van der Waals surface area contributed by atoms with E-state index in [-0.39, 0.29) is 0 Å². The van der Waals surface area contributed by atoms with Gasteiger partial charge in [-0.3, -0.25) is 0 Å². The fourth-order valence-corrected chi connectivity index (χ4v) is 2.92. The van der Waals surface area contributed by atoms with Gasteiger partial charge in [-0.15, -0.1) is 0 Å². The van der Waals surface area contributed by atoms with E-state index >= 15 is 0 Å². The van der Waals surface area contributed by atoms with Crippen molar-refractivity contribution in [3.63, 3.8) is 0 Å². The predicted octanol–water partition coefficient (Wildman–Crippen LogP) is 3.71. The lowest BCUT2D eigenvalue weighted by Gasteiger charge is -2.13. The van der Waals surface area contributed by atoms with Gasteiger partial charge in [0.2, 0.25) is 0 Å². The molecule has 20 heavy (non-hydrogen) atoms. The van der Waals surface area contributed by atoms with Gasteiger partial charge in [0.05, 0.1) is 0 Å². The lowest BCUT2D eigenvalue weighted by Crippen LogP contribution is -2.11. The van der Waals surface area contributed by atoms with Crippen LogP contribution in [-0.2, 0) is 19.4 Å². The zero-order chi connectivity index (χ0) is 13.9. The molecule has 1 aliphatic rings. The molecule has 0 amide bonds. The summed E-state index contributed by atoms with van der Waals surface area (Å²) in [6.07, 6.45) is 5.57. The molecule has 1 aromatic heterocycles. The SMILES string of the molecule is CCCc1ccc(-c2nc3n(c2C#N)CCCC3)cc1. The Labute approximate surface area is 119 Å². The maximum absolute atomic E-state index is 9.45. The Kier molecular flexibility index (Phi) is 3.56. The second kappa shape index (κ2) is 5.50. The fraction of sp³-hybridized carbons (Fsp3) is 0.412. The van der Waals surface area contributed by atoms with Crippen LogP contribution in [-0.4, -0.2) is 9.55 Å². The zero-order valence-corrected chi connectivity index (χ0v) is 11.9. The number of aryl methyl sites for hydroxylation is 2. The topological polar surface area (TPSA) is 41.6 Å². The van der Waals surface area contributed by atoms with Crippen molar-refractivity contribution in [1.29, 1.82) is 5.26 Å². The Morgan fingerprint density at radius 1 is 1.25 bits per heavy atom. The van der Waals surface area contributed by atoms with Gasteiger partial charge in [0.25, 0.3) is 0 Å². The van der Waals surface area contributed by atoms with Gasteiger partial charge in [-0.1, -0.05) is 37.6 Å². The lowest BCUT2D eigenvalue weighted by atomic mass is 10.1. The summed E-state index contributed by atoms with van der Waals surface area (Å²) in [4.78, 5) is 4.71. The molecule has 0 spiro atoms. The minimum Gasteiger partial charge on any atom is -0.319 e. The van der Waals surface area contributed by atoms with Gasteiger partial charge in [-0.25, -0.2) is 4.98 Å². The molecular formula is C17H19N3. The molecule has 102 valence electrons. The van der Waals surface area contributed by atoms with Gasteiger partial charge in [-0.05, 0) is 24.8 Å². The quantitative estimate of drug-likeness (QED) is 0.849. The molecule has 3 nitrogen and oxygen atoms in total. The van der Waals surface area contributed by atoms with Crippen LogP contribution in [0.15, 0.2) is 24.3 Å². The third kappa shape index (κ3) is 2.22. The first-order chi connectivity index (χ1) is 9.83. The summed E-state index contributed by atoms with van der Waals surface area (Å²) in [6.45, 7) is 3.12. The highest BCUT2D eigenvalue weighted by Crippen LogP contribution is 2.27. The minimum atomic E-state index is 0.725. The lowest BCUT2D eigenvalue weighted by molar-refractivity contribution is 0.519. The number of nitriles is 1. The van der Waals surface area contributed by atoms with Crippen LogP contribution < -0.4 is 0 Å². The third-order valence-electron chi connectivity index (χ3n) is 3.95. The van der Waals surface area contributed by atoms with Gasteiger partial charge in [0, 0.05) is 18.5 Å². The molecule has 0 atom stereocenters. The van der Waals surface area contributed by atoms with Crippen LogP contribution in [0.3, 0.4) is 0 Å². The third-order valence-corrected chi connectivity index (χ3v) is 3.95. The first-order valence-corrected chi connectivity index (χ1v) is 7.42. The van der Waals surface area contributed by atoms with Crippen LogP contribution in [0.25, 0.3) is 11.3 Å². The van der Waals surface area contributed by atoms with E-state index in [1.165, 1.54) is 12.0 Å². The predicted molar refractivity (Wildman–Crippen MR) is 79.3 cm³/mol. The number of fused-ring (bicyclic) bond motifs is 1. The summed E-state index contributed by atoms with van der Waals surface area (Å²) in [5.74, 6) is 1.07. The fourth-order valence-electron chi connectivity index (χ4n) is 2.92. The van der Waals surface area contributed by atoms with E-state index in [0.29, 0.717) is 0 Å². The van der Waals surface area contributed by atoms with Crippen molar-refractivity contribution < 1.29 is 0 Å². The maximum Gasteiger partial charge on any atom is 0.148 e. The molecule has 1 aliphatic heterocycles. The van der Waals surface area contributed by atoms with Gasteiger partial charge >= 0.3 is 0 Å². The van der Waals surface area contributed by atoms with Crippen molar-refractivity contribution in [2.24, 2.45) is 0 Å². The molecule has 0 fully saturated rings. The molecule has 3 rings (SSSR count). The van der Waals surface area contributed by atoms with E-state index in [2.05, 4.69) is 41.8 Å². The highest BCUT2D eigenvalue weighted by Gasteiger charge is 2.20. The summed E-state index contributed by atoms with van der Waals surface area (Å²) in [7, 11) is 0. The first-order valence-electron chi connectivity index (χ1n) is 7.42. The summed E-state index contributed by atoms with van der Waals surface area (Å²) < 4.78 is 2.10. The number of nitrogens with zero attached hydrogens (tertiary/aromatic N) is 3. The minimum absolute atomic E-state index is 0.725. The van der Waals surface area contributed by atoms with E-state index in [1.807, 2.05) is 0 Å². The van der Waals surface area contributed by atoms with E-state index in [9.17, 15) is 5.26 Å². The largest absolute Gasteiger partial charge is 0.319 e. The number of aromatic nitrogens is 2. The van der Waals surface area contributed by atoms with Crippen LogP contribution in [0.1, 0.15) is 43.3 Å². The van der Waals surface area contributed by atoms with Crippen molar-refractivity contribution in [2.75, 3.05) is 0 Å². The molecule has 0 saturated heterocycles. The Balaban J connectivity index is 2.01. The van der Waals surface area contributed by atoms with Crippen molar-refractivity contribution in [2.45, 2.75) is 45.6 Å². The van der Waals surface area contributed by atoms with Crippen molar-refractivity contribution in [3.05, 3.63) is 41.3 Å². The number of benzene rings is 1. The van der Waals surface area contributed by atoms with E-state index in [1.54, 1.807) is 0 Å². The molecule has 0 N–H and O–H groups in total. The second-order valence-corrected chi connectivity index (χ2v) is 5.39. The second-order valence-electron chi connectivity index (χ2n) is 5.39. The van der Waals surface area contributed by atoms with Gasteiger partial charge in [0.15, 0.2) is 0 Å². The summed E-state index contributed by atoms with van der Waals surface area (Å²) >= 11 is 0. The molecule has 0 aliphatic carbocycles. The Morgan fingerprint density at radius 2 is 2.05 bits per heavy atom. The van der Waals surface area contributed by atoms with E-state index in [0.717, 1.165) is 55.0 Å². The summed E-state index contributed by atoms with van der Waals surface area (Å²) in [5, 5.41) is 9.45. The molecule has 2 heterocycles. The van der Waals surface area contributed by atoms with Crippen LogP contribution in [0.5, 0.6) is 0 Å². The number of hydrogen-bond donors (Lipinski definition) is 0. The van der Waals surface area contributed by atoms with Crippen molar-refractivity contribution in [1.82, 2.24) is 9.55 Å². The van der Waals surface area contributed by atoms with Crippen molar-refractivity contribution >= 4 is 0 Å². The van der Waals surface area contributed by atoms with Crippen LogP contribution >= 0.6 is 0 Å². The first kappa shape index (κ1) is 12.9. The standard InChI is InChI=1S/C17H19N3/c1-2-5-13-7-9-14(10-8-13)17-15(12-18)20-11-4-3-6-16(20)19-17/h7-10H,2-6,11H2,1H3. The number of rotatable bonds is 3. The highest BCUT2D eigenvalue weighted by atomic mass is 15.1. The van der Waals surface area contributed by atoms with Crippen molar-refractivity contribution in [3.8, 4) is 17.3 Å². The average Bonchev–Trinajstić information content (AvgIpc) is 2.87. The van der Waals surface area contributed by atoms with Crippen LogP contribution in [0.4, 0.5) is 0 Å². The molecular weight excluding hydrogens is 246 g/mol. The van der Waals surface area contributed by atoms with E-state index in [4.69, 9.17) is 4.98 Å². The number of imidazole rings is 1. The van der Waals surface area contributed by atoms with Crippen LogP contribution in [0.2, 0.25) is 0 Å². The Hall–Kier alpha value is -2.08. The normalized spacial score (nSPS) is 13.8. The van der Waals surface area contributed by atoms with Gasteiger partial charge in [-0.2, -0.15) is 5.26 Å². The molecule has 1 aromatic carbocycles. The monoisotopic (exact) mass is 265 g/mol. The van der Waals surface area contributed by atoms with Crippen LogP contribution in [0, 0.1) is 11.3 Å². The smallest absolute Gasteiger partial charge is 0.148 e.